The minimum absolute atomic E-state index is 0.311. The molecular weight excluding hydrogens is 298 g/mol. The molecule has 0 radical (unpaired) electrons. The van der Waals surface area contributed by atoms with Crippen LogP contribution in [0.5, 0.6) is 5.75 Å². The minimum atomic E-state index is 0.311. The number of nitrogens with two attached hydrogens (primary N) is 1. The van der Waals surface area contributed by atoms with Crippen LogP contribution in [0, 0.1) is 0 Å². The third kappa shape index (κ3) is 3.19. The van der Waals surface area contributed by atoms with E-state index in [0.29, 0.717) is 11.1 Å². The van der Waals surface area contributed by atoms with E-state index in [0.717, 1.165) is 28.6 Å². The average molecular weight is 314 g/mol. The van der Waals surface area contributed by atoms with Crippen molar-refractivity contribution >= 4 is 33.1 Å². The Labute approximate surface area is 116 Å². The number of hydrogen-bond acceptors (Lipinski definition) is 2. The zero-order chi connectivity index (χ0) is 12.3. The topological polar surface area (TPSA) is 35.2 Å². The number of hydrogen-bond donors (Lipinski definition) is 1. The molecule has 1 aromatic carbocycles. The van der Waals surface area contributed by atoms with Crippen LogP contribution in [0.25, 0.3) is 0 Å². The molecule has 2 nitrogen and oxygen atoms in total. The van der Waals surface area contributed by atoms with Crippen LogP contribution in [0.1, 0.15) is 37.7 Å². The molecule has 0 amide bonds. The van der Waals surface area contributed by atoms with Crippen molar-refractivity contribution < 1.29 is 4.74 Å². The largest absolute Gasteiger partial charge is 0.490 e. The molecule has 0 unspecified atom stereocenters. The molecule has 0 aromatic heterocycles. The number of benzene rings is 1. The van der Waals surface area contributed by atoms with Crippen LogP contribution >= 0.6 is 28.1 Å². The lowest BCUT2D eigenvalue weighted by molar-refractivity contribution is 0.154. The normalized spacial score (nSPS) is 16.8. The highest BCUT2D eigenvalue weighted by atomic mass is 79.9. The summed E-state index contributed by atoms with van der Waals surface area (Å²) in [6.07, 6.45) is 6.39. The second-order valence-electron chi connectivity index (χ2n) is 4.36. The van der Waals surface area contributed by atoms with Crippen molar-refractivity contribution in [3.8, 4) is 5.75 Å². The summed E-state index contributed by atoms with van der Waals surface area (Å²) in [5.74, 6) is 0.804. The van der Waals surface area contributed by atoms with Crippen LogP contribution in [0.2, 0.25) is 0 Å². The van der Waals surface area contributed by atoms with Crippen LogP contribution < -0.4 is 10.5 Å². The molecule has 1 saturated carbocycles. The molecule has 2 rings (SSSR count). The first-order valence-electron chi connectivity index (χ1n) is 5.93. The lowest BCUT2D eigenvalue weighted by Crippen LogP contribution is -2.22. The molecule has 2 N–H and O–H groups in total. The van der Waals surface area contributed by atoms with Gasteiger partial charge in [-0.1, -0.05) is 24.7 Å². The van der Waals surface area contributed by atoms with Gasteiger partial charge in [0.1, 0.15) is 10.7 Å². The summed E-state index contributed by atoms with van der Waals surface area (Å²) in [4.78, 5) is 0.378. The maximum atomic E-state index is 6.03. The lowest BCUT2D eigenvalue weighted by Gasteiger charge is -2.24. The van der Waals surface area contributed by atoms with Crippen LogP contribution in [-0.2, 0) is 0 Å². The Kier molecular flexibility index (Phi) is 4.40. The molecule has 1 aliphatic rings. The first kappa shape index (κ1) is 12.8. The molecule has 92 valence electrons. The zero-order valence-electron chi connectivity index (χ0n) is 9.62. The van der Waals surface area contributed by atoms with E-state index in [2.05, 4.69) is 15.9 Å². The summed E-state index contributed by atoms with van der Waals surface area (Å²) >= 11 is 8.54. The predicted molar refractivity (Wildman–Crippen MR) is 77.5 cm³/mol. The van der Waals surface area contributed by atoms with Gasteiger partial charge in [-0.05, 0) is 53.7 Å². The number of thiocarbonyl (C=S) groups is 1. The van der Waals surface area contributed by atoms with Gasteiger partial charge in [-0.15, -0.1) is 0 Å². The smallest absolute Gasteiger partial charge is 0.131 e. The quantitative estimate of drug-likeness (QED) is 0.862. The van der Waals surface area contributed by atoms with Gasteiger partial charge in [0.15, 0.2) is 0 Å². The molecule has 17 heavy (non-hydrogen) atoms. The monoisotopic (exact) mass is 313 g/mol. The molecule has 0 heterocycles. The van der Waals surface area contributed by atoms with Gasteiger partial charge in [0.05, 0.1) is 11.7 Å². The van der Waals surface area contributed by atoms with E-state index in [-0.39, 0.29) is 0 Å². The van der Waals surface area contributed by atoms with E-state index in [1.165, 1.54) is 19.3 Å². The first-order chi connectivity index (χ1) is 8.18. The zero-order valence-corrected chi connectivity index (χ0v) is 12.0. The fourth-order valence-corrected chi connectivity index (χ4v) is 3.11. The van der Waals surface area contributed by atoms with Gasteiger partial charge in [0.25, 0.3) is 0 Å². The SMILES string of the molecule is NC(=S)c1c(Br)cccc1OC1CCCCC1. The van der Waals surface area contributed by atoms with Gasteiger partial charge >= 0.3 is 0 Å². The van der Waals surface area contributed by atoms with E-state index in [9.17, 15) is 0 Å². The summed E-state index contributed by atoms with van der Waals surface area (Å²) in [7, 11) is 0. The number of halogens is 1. The summed E-state index contributed by atoms with van der Waals surface area (Å²) in [5.41, 5.74) is 6.55. The van der Waals surface area contributed by atoms with E-state index in [4.69, 9.17) is 22.7 Å². The Balaban J connectivity index is 2.19. The summed E-state index contributed by atoms with van der Waals surface area (Å²) in [6, 6.07) is 5.82. The molecule has 1 aromatic rings. The second-order valence-corrected chi connectivity index (χ2v) is 5.65. The molecular formula is C13H16BrNOS. The van der Waals surface area contributed by atoms with E-state index in [1.54, 1.807) is 0 Å². The Morgan fingerprint density at radius 1 is 1.29 bits per heavy atom. The summed E-state index contributed by atoms with van der Waals surface area (Å²) < 4.78 is 6.93. The maximum absolute atomic E-state index is 6.03. The summed E-state index contributed by atoms with van der Waals surface area (Å²) in [6.45, 7) is 0. The van der Waals surface area contributed by atoms with Crippen LogP contribution in [-0.4, -0.2) is 11.1 Å². The van der Waals surface area contributed by atoms with Gasteiger partial charge in [-0.2, -0.15) is 0 Å². The number of rotatable bonds is 3. The third-order valence-corrected chi connectivity index (χ3v) is 3.93. The van der Waals surface area contributed by atoms with Gasteiger partial charge in [-0.25, -0.2) is 0 Å². The lowest BCUT2D eigenvalue weighted by atomic mass is 9.97. The highest BCUT2D eigenvalue weighted by molar-refractivity contribution is 9.10. The summed E-state index contributed by atoms with van der Waals surface area (Å²) in [5, 5.41) is 0. The fraction of sp³-hybridized carbons (Fsp3) is 0.462. The highest BCUT2D eigenvalue weighted by Crippen LogP contribution is 2.30. The Morgan fingerprint density at radius 2 is 2.00 bits per heavy atom. The van der Waals surface area contributed by atoms with Gasteiger partial charge in [-0.3, -0.25) is 0 Å². The van der Waals surface area contributed by atoms with Crippen molar-refractivity contribution in [2.45, 2.75) is 38.2 Å². The van der Waals surface area contributed by atoms with Crippen LogP contribution in [0.3, 0.4) is 0 Å². The van der Waals surface area contributed by atoms with Crippen LogP contribution in [0.15, 0.2) is 22.7 Å². The van der Waals surface area contributed by atoms with Crippen molar-refractivity contribution in [3.63, 3.8) is 0 Å². The standard InChI is InChI=1S/C13H16BrNOS/c14-10-7-4-8-11(12(10)13(15)17)16-9-5-2-1-3-6-9/h4,7-9H,1-3,5-6H2,(H2,15,17). The maximum Gasteiger partial charge on any atom is 0.131 e. The highest BCUT2D eigenvalue weighted by Gasteiger charge is 2.18. The van der Waals surface area contributed by atoms with Gasteiger partial charge in [0, 0.05) is 4.47 Å². The molecule has 0 bridgehead atoms. The Bertz CT molecular complexity index is 416. The first-order valence-corrected chi connectivity index (χ1v) is 7.13. The molecule has 0 atom stereocenters. The van der Waals surface area contributed by atoms with Gasteiger partial charge in [0.2, 0.25) is 0 Å². The van der Waals surface area contributed by atoms with Gasteiger partial charge < -0.3 is 10.5 Å². The molecule has 0 spiro atoms. The molecule has 1 fully saturated rings. The molecule has 4 heteroatoms. The van der Waals surface area contributed by atoms with E-state index in [1.807, 2.05) is 18.2 Å². The predicted octanol–water partition coefficient (Wildman–Crippen LogP) is 3.79. The number of ether oxygens (including phenoxy) is 1. The van der Waals surface area contributed by atoms with Crippen molar-refractivity contribution in [1.29, 1.82) is 0 Å². The fourth-order valence-electron chi connectivity index (χ4n) is 2.20. The van der Waals surface area contributed by atoms with E-state index >= 15 is 0 Å². The van der Waals surface area contributed by atoms with Crippen molar-refractivity contribution in [1.82, 2.24) is 0 Å². The Morgan fingerprint density at radius 3 is 2.65 bits per heavy atom. The van der Waals surface area contributed by atoms with Crippen molar-refractivity contribution in [2.24, 2.45) is 5.73 Å². The van der Waals surface area contributed by atoms with Crippen LogP contribution in [0.4, 0.5) is 0 Å². The molecule has 1 aliphatic carbocycles. The van der Waals surface area contributed by atoms with Crippen molar-refractivity contribution in [2.75, 3.05) is 0 Å². The molecule has 0 aliphatic heterocycles. The minimum Gasteiger partial charge on any atom is -0.490 e. The van der Waals surface area contributed by atoms with E-state index < -0.39 is 0 Å². The molecule has 0 saturated heterocycles. The van der Waals surface area contributed by atoms with Crippen molar-refractivity contribution in [3.05, 3.63) is 28.2 Å². The average Bonchev–Trinajstić information content (AvgIpc) is 2.30. The third-order valence-electron chi connectivity index (χ3n) is 3.07. The second kappa shape index (κ2) is 5.83. The Hall–Kier alpha value is -0.610.